The van der Waals surface area contributed by atoms with Crippen LogP contribution in [0.5, 0.6) is 0 Å². The van der Waals surface area contributed by atoms with Crippen LogP contribution in [-0.4, -0.2) is 30.8 Å². The number of fused-ring (bicyclic) bond motifs is 3. The Balaban J connectivity index is 1.86. The van der Waals surface area contributed by atoms with Crippen molar-refractivity contribution < 1.29 is 25.8 Å². The van der Waals surface area contributed by atoms with Gasteiger partial charge in [-0.15, -0.1) is 0 Å². The zero-order chi connectivity index (χ0) is 19.4. The first-order valence-electron chi connectivity index (χ1n) is 8.87. The number of aromatic nitrogens is 2. The fraction of sp³-hybridized carbons (Fsp3) is 0.824. The van der Waals surface area contributed by atoms with Crippen LogP contribution in [0.2, 0.25) is 0 Å². The second-order valence-electron chi connectivity index (χ2n) is 8.20. The molecule has 0 atom stereocenters. The molecule has 0 N–H and O–H groups in total. The minimum Gasteiger partial charge on any atom is -0.331 e. The predicted molar refractivity (Wildman–Crippen MR) is 90.2 cm³/mol. The van der Waals surface area contributed by atoms with E-state index >= 15 is 0 Å². The zero-order valence-corrected chi connectivity index (χ0v) is 16.1. The highest BCUT2D eigenvalue weighted by atomic mass is 32.2. The molecule has 1 heterocycles. The largest absolute Gasteiger partial charge is 0.434 e. The number of nitrogens with zero attached hydrogens (tertiary/aromatic N) is 2. The number of rotatable bonds is 5. The van der Waals surface area contributed by atoms with Gasteiger partial charge in [0.1, 0.15) is 5.82 Å². The predicted octanol–water partition coefficient (Wildman–Crippen LogP) is 4.05. The summed E-state index contributed by atoms with van der Waals surface area (Å²) in [5, 5.41) is 0. The van der Waals surface area contributed by atoms with Crippen LogP contribution in [0.3, 0.4) is 0 Å². The molecule has 9 heteroatoms. The molecular weight excluding hydrogens is 369 g/mol. The third-order valence-corrected chi connectivity index (χ3v) is 6.58. The maximum atomic E-state index is 13.2. The molecule has 3 saturated carbocycles. The van der Waals surface area contributed by atoms with Gasteiger partial charge in [-0.1, -0.05) is 0 Å². The molecule has 4 rings (SSSR count). The minimum absolute atomic E-state index is 0.106. The Morgan fingerprint density at radius 1 is 1.19 bits per heavy atom. The third kappa shape index (κ3) is 3.65. The molecule has 148 valence electrons. The van der Waals surface area contributed by atoms with Crippen molar-refractivity contribution in [2.45, 2.75) is 70.0 Å². The standard InChI is InChI=1S/C17H25F3N2O3S/c1-12(2)22-10-13(17(18,19)20)21-14(22)16-7-4-15(5-8-16,6-9-16)11-25-26(3,23)24/h10,12H,4-9,11H2,1-3H3. The molecule has 26 heavy (non-hydrogen) atoms. The number of alkyl halides is 3. The van der Waals surface area contributed by atoms with E-state index in [0.29, 0.717) is 25.1 Å². The maximum Gasteiger partial charge on any atom is 0.434 e. The summed E-state index contributed by atoms with van der Waals surface area (Å²) in [6, 6.07) is -0.106. The SMILES string of the molecule is CC(C)n1cc(C(F)(F)F)nc1C12CCC(COS(C)(=O)=O)(CC1)CC2. The van der Waals surface area contributed by atoms with E-state index < -0.39 is 22.0 Å². The van der Waals surface area contributed by atoms with Crippen LogP contribution in [0.25, 0.3) is 0 Å². The second kappa shape index (κ2) is 6.22. The lowest BCUT2D eigenvalue weighted by Crippen LogP contribution is -2.47. The highest BCUT2D eigenvalue weighted by Crippen LogP contribution is 2.58. The Morgan fingerprint density at radius 2 is 1.73 bits per heavy atom. The van der Waals surface area contributed by atoms with Crippen molar-refractivity contribution in [1.82, 2.24) is 9.55 Å². The van der Waals surface area contributed by atoms with E-state index in [0.717, 1.165) is 31.7 Å². The summed E-state index contributed by atoms with van der Waals surface area (Å²) < 4.78 is 68.8. The van der Waals surface area contributed by atoms with Gasteiger partial charge < -0.3 is 4.57 Å². The van der Waals surface area contributed by atoms with Crippen LogP contribution in [-0.2, 0) is 25.9 Å². The molecule has 0 radical (unpaired) electrons. The first kappa shape index (κ1) is 19.7. The Bertz CT molecular complexity index is 759. The third-order valence-electron chi connectivity index (χ3n) is 6.03. The van der Waals surface area contributed by atoms with Crippen LogP contribution < -0.4 is 0 Å². The van der Waals surface area contributed by atoms with Crippen LogP contribution in [0.15, 0.2) is 6.20 Å². The Morgan fingerprint density at radius 3 is 2.15 bits per heavy atom. The fourth-order valence-electron chi connectivity index (χ4n) is 4.36. The molecule has 0 aliphatic heterocycles. The molecule has 0 spiro atoms. The van der Waals surface area contributed by atoms with E-state index in [2.05, 4.69) is 4.98 Å². The number of hydrogen-bond acceptors (Lipinski definition) is 4. The fourth-order valence-corrected chi connectivity index (χ4v) is 4.83. The lowest BCUT2D eigenvalue weighted by molar-refractivity contribution is -0.141. The van der Waals surface area contributed by atoms with Gasteiger partial charge in [0.2, 0.25) is 0 Å². The molecule has 2 bridgehead atoms. The topological polar surface area (TPSA) is 61.2 Å². The number of halogens is 3. The van der Waals surface area contributed by atoms with Crippen molar-refractivity contribution >= 4 is 10.1 Å². The lowest BCUT2D eigenvalue weighted by atomic mass is 9.53. The van der Waals surface area contributed by atoms with Gasteiger partial charge in [0.15, 0.2) is 5.69 Å². The van der Waals surface area contributed by atoms with Gasteiger partial charge in [0.05, 0.1) is 12.9 Å². The Labute approximate surface area is 152 Å². The van der Waals surface area contributed by atoms with Crippen molar-refractivity contribution in [3.8, 4) is 0 Å². The molecule has 3 fully saturated rings. The minimum atomic E-state index is -4.46. The summed E-state index contributed by atoms with van der Waals surface area (Å²) in [6.45, 7) is 3.88. The Kier molecular flexibility index (Phi) is 4.71. The monoisotopic (exact) mass is 394 g/mol. The van der Waals surface area contributed by atoms with Crippen molar-refractivity contribution in [2.24, 2.45) is 5.41 Å². The average Bonchev–Trinajstić information content (AvgIpc) is 3.01. The summed E-state index contributed by atoms with van der Waals surface area (Å²) in [6.07, 6.45) is 2.07. The number of imidazole rings is 1. The molecule has 1 aromatic heterocycles. The van der Waals surface area contributed by atoms with E-state index in [4.69, 9.17) is 4.18 Å². The van der Waals surface area contributed by atoms with E-state index in [-0.39, 0.29) is 23.5 Å². The molecule has 3 aliphatic carbocycles. The maximum absolute atomic E-state index is 13.2. The molecule has 5 nitrogen and oxygen atoms in total. The smallest absolute Gasteiger partial charge is 0.331 e. The molecule has 0 aromatic carbocycles. The van der Waals surface area contributed by atoms with Crippen LogP contribution in [0, 0.1) is 5.41 Å². The first-order valence-corrected chi connectivity index (χ1v) is 10.7. The van der Waals surface area contributed by atoms with E-state index in [1.807, 2.05) is 13.8 Å². The molecule has 3 aliphatic rings. The second-order valence-corrected chi connectivity index (χ2v) is 9.84. The van der Waals surface area contributed by atoms with Gasteiger partial charge in [0, 0.05) is 17.7 Å². The molecule has 0 unspecified atom stereocenters. The lowest BCUT2D eigenvalue weighted by Gasteiger charge is -2.52. The van der Waals surface area contributed by atoms with Crippen molar-refractivity contribution in [3.05, 3.63) is 17.7 Å². The van der Waals surface area contributed by atoms with Gasteiger partial charge in [-0.05, 0) is 57.8 Å². The zero-order valence-electron chi connectivity index (χ0n) is 15.3. The van der Waals surface area contributed by atoms with E-state index in [1.165, 1.54) is 0 Å². The molecular formula is C17H25F3N2O3S. The summed E-state index contributed by atoms with van der Waals surface area (Å²) in [7, 11) is -3.49. The van der Waals surface area contributed by atoms with E-state index in [9.17, 15) is 21.6 Å². The highest BCUT2D eigenvalue weighted by molar-refractivity contribution is 7.85. The van der Waals surface area contributed by atoms with Crippen LogP contribution in [0.4, 0.5) is 13.2 Å². The van der Waals surface area contributed by atoms with Gasteiger partial charge >= 0.3 is 6.18 Å². The van der Waals surface area contributed by atoms with Gasteiger partial charge in [-0.2, -0.15) is 21.6 Å². The summed E-state index contributed by atoms with van der Waals surface area (Å²) >= 11 is 0. The Hall–Kier alpha value is -1.09. The highest BCUT2D eigenvalue weighted by Gasteiger charge is 2.52. The first-order chi connectivity index (χ1) is 11.9. The molecule has 0 amide bonds. The van der Waals surface area contributed by atoms with Crippen molar-refractivity contribution in [1.29, 1.82) is 0 Å². The van der Waals surface area contributed by atoms with Crippen molar-refractivity contribution in [2.75, 3.05) is 12.9 Å². The van der Waals surface area contributed by atoms with Gasteiger partial charge in [0.25, 0.3) is 10.1 Å². The number of hydrogen-bond donors (Lipinski definition) is 0. The molecule has 1 aromatic rings. The van der Waals surface area contributed by atoms with Crippen LogP contribution >= 0.6 is 0 Å². The van der Waals surface area contributed by atoms with Gasteiger partial charge in [-0.25, -0.2) is 4.98 Å². The quantitative estimate of drug-likeness (QED) is 0.707. The average molecular weight is 394 g/mol. The molecule has 0 saturated heterocycles. The summed E-state index contributed by atoms with van der Waals surface area (Å²) in [5.74, 6) is 0.525. The van der Waals surface area contributed by atoms with Gasteiger partial charge in [-0.3, -0.25) is 4.18 Å². The summed E-state index contributed by atoms with van der Waals surface area (Å²) in [4.78, 5) is 4.01. The summed E-state index contributed by atoms with van der Waals surface area (Å²) in [5.41, 5.74) is -1.38. The van der Waals surface area contributed by atoms with E-state index in [1.54, 1.807) is 4.57 Å². The van der Waals surface area contributed by atoms with Crippen molar-refractivity contribution in [3.63, 3.8) is 0 Å². The van der Waals surface area contributed by atoms with Crippen LogP contribution in [0.1, 0.15) is 69.9 Å². The normalized spacial score (nSPS) is 29.5.